The highest BCUT2D eigenvalue weighted by atomic mass is 15.2. The lowest BCUT2D eigenvalue weighted by Crippen LogP contribution is -2.25. The van der Waals surface area contributed by atoms with Crippen LogP contribution in [0.3, 0.4) is 0 Å². The Morgan fingerprint density at radius 3 is 2.59 bits per heavy atom. The molecule has 2 aromatic rings. The maximum atomic E-state index is 2.56. The molecule has 4 rings (SSSR count). The minimum absolute atomic E-state index is 0.762. The van der Waals surface area contributed by atoms with Gasteiger partial charge in [0, 0.05) is 17.1 Å². The van der Waals surface area contributed by atoms with Gasteiger partial charge in [-0.3, -0.25) is 0 Å². The van der Waals surface area contributed by atoms with E-state index >= 15 is 0 Å². The highest BCUT2D eigenvalue weighted by molar-refractivity contribution is 5.60. The zero-order valence-electron chi connectivity index (χ0n) is 17.9. The van der Waals surface area contributed by atoms with Crippen LogP contribution in [-0.4, -0.2) is 0 Å². The maximum absolute atomic E-state index is 2.56. The summed E-state index contributed by atoms with van der Waals surface area (Å²) >= 11 is 0. The summed E-state index contributed by atoms with van der Waals surface area (Å²) in [4.78, 5) is 2.56. The number of hydrogen-bond acceptors (Lipinski definition) is 1. The van der Waals surface area contributed by atoms with Gasteiger partial charge in [-0.1, -0.05) is 67.1 Å². The largest absolute Gasteiger partial charge is 0.318 e. The Labute approximate surface area is 176 Å². The van der Waals surface area contributed by atoms with E-state index in [1.54, 1.807) is 5.57 Å². The molecule has 0 fully saturated rings. The van der Waals surface area contributed by atoms with E-state index in [0.717, 1.165) is 18.8 Å². The van der Waals surface area contributed by atoms with Gasteiger partial charge in [-0.2, -0.15) is 0 Å². The number of aryl methyl sites for hydroxylation is 1. The summed E-state index contributed by atoms with van der Waals surface area (Å²) in [5, 5.41) is 0. The first kappa shape index (κ1) is 19.8. The van der Waals surface area contributed by atoms with E-state index in [9.17, 15) is 0 Å². The van der Waals surface area contributed by atoms with Gasteiger partial charge in [-0.15, -0.1) is 0 Å². The smallest absolute Gasteiger partial charge is 0.0457 e. The van der Waals surface area contributed by atoms with Crippen LogP contribution in [0.25, 0.3) is 0 Å². The molecule has 0 aromatic heterocycles. The van der Waals surface area contributed by atoms with Crippen LogP contribution < -0.4 is 4.90 Å². The monoisotopic (exact) mass is 383 g/mol. The van der Waals surface area contributed by atoms with Crippen molar-refractivity contribution < 1.29 is 0 Å². The van der Waals surface area contributed by atoms with Gasteiger partial charge in [0.2, 0.25) is 0 Å². The Kier molecular flexibility index (Phi) is 6.34. The first-order chi connectivity index (χ1) is 14.2. The summed E-state index contributed by atoms with van der Waals surface area (Å²) in [7, 11) is 0. The molecule has 1 unspecified atom stereocenters. The zero-order valence-corrected chi connectivity index (χ0v) is 17.9. The standard InChI is InChI=1S/C28H33N/c1-22-9-6-15-27(19-22)29(28-16-7-10-23(2)20-28)26-14-8-13-25(17-18-26)21-24-11-4-3-5-12-24/h3-6,9,11-12,15-19,23H,7-8,10,13-14,20-21H2,1-2H3. The average Bonchev–Trinajstić information content (AvgIpc) is 2.95. The van der Waals surface area contributed by atoms with E-state index in [0.29, 0.717) is 0 Å². The van der Waals surface area contributed by atoms with E-state index in [2.05, 4.69) is 91.6 Å². The van der Waals surface area contributed by atoms with Crippen LogP contribution in [0.2, 0.25) is 0 Å². The van der Waals surface area contributed by atoms with Crippen molar-refractivity contribution in [2.24, 2.45) is 5.92 Å². The number of anilines is 1. The van der Waals surface area contributed by atoms with Crippen molar-refractivity contribution >= 4 is 5.69 Å². The van der Waals surface area contributed by atoms with Crippen LogP contribution >= 0.6 is 0 Å². The third-order valence-electron chi connectivity index (χ3n) is 6.15. The molecule has 1 heteroatoms. The van der Waals surface area contributed by atoms with Crippen molar-refractivity contribution in [3.8, 4) is 0 Å². The summed E-state index contributed by atoms with van der Waals surface area (Å²) in [6, 6.07) is 19.9. The molecule has 2 aliphatic carbocycles. The van der Waals surface area contributed by atoms with Gasteiger partial charge in [0.25, 0.3) is 0 Å². The number of hydrogen-bond donors (Lipinski definition) is 0. The molecular formula is C28H33N. The molecule has 0 aliphatic heterocycles. The third kappa shape index (κ3) is 5.09. The normalized spacial score (nSPS) is 19.7. The summed E-state index contributed by atoms with van der Waals surface area (Å²) in [6.45, 7) is 4.58. The Bertz CT molecular complexity index is 916. The fourth-order valence-electron chi connectivity index (χ4n) is 4.61. The van der Waals surface area contributed by atoms with Crippen molar-refractivity contribution in [1.29, 1.82) is 0 Å². The lowest BCUT2D eigenvalue weighted by molar-refractivity contribution is 0.502. The van der Waals surface area contributed by atoms with Crippen LogP contribution in [0, 0.1) is 12.8 Å². The average molecular weight is 384 g/mol. The van der Waals surface area contributed by atoms with Crippen LogP contribution in [0.1, 0.15) is 56.6 Å². The molecule has 2 aliphatic rings. The second kappa shape index (κ2) is 9.31. The molecule has 29 heavy (non-hydrogen) atoms. The molecule has 0 spiro atoms. The Morgan fingerprint density at radius 2 is 1.79 bits per heavy atom. The Balaban J connectivity index is 1.65. The fraction of sp³-hybridized carbons (Fsp3) is 0.357. The lowest BCUT2D eigenvalue weighted by atomic mass is 9.92. The predicted octanol–water partition coefficient (Wildman–Crippen LogP) is 7.74. The number of rotatable bonds is 5. The first-order valence-electron chi connectivity index (χ1n) is 11.2. The van der Waals surface area contributed by atoms with Crippen LogP contribution in [-0.2, 0) is 6.42 Å². The maximum Gasteiger partial charge on any atom is 0.0457 e. The van der Waals surface area contributed by atoms with Crippen LogP contribution in [0.4, 0.5) is 5.69 Å². The predicted molar refractivity (Wildman–Crippen MR) is 125 cm³/mol. The molecule has 0 heterocycles. The minimum atomic E-state index is 0.762. The summed E-state index contributed by atoms with van der Waals surface area (Å²) in [5.74, 6) is 0.762. The number of nitrogens with zero attached hydrogens (tertiary/aromatic N) is 1. The molecule has 0 saturated heterocycles. The van der Waals surface area contributed by atoms with Crippen molar-refractivity contribution in [1.82, 2.24) is 0 Å². The van der Waals surface area contributed by atoms with Crippen molar-refractivity contribution in [3.05, 3.63) is 101 Å². The van der Waals surface area contributed by atoms with Crippen molar-refractivity contribution in [2.45, 2.75) is 58.8 Å². The summed E-state index contributed by atoms with van der Waals surface area (Å²) < 4.78 is 0. The number of benzene rings is 2. The Morgan fingerprint density at radius 1 is 0.931 bits per heavy atom. The number of allylic oxidation sites excluding steroid dienone is 6. The van der Waals surface area contributed by atoms with Crippen molar-refractivity contribution in [2.75, 3.05) is 4.90 Å². The molecule has 0 bridgehead atoms. The molecular weight excluding hydrogens is 350 g/mol. The van der Waals surface area contributed by atoms with Crippen LogP contribution in [0.15, 0.2) is 89.8 Å². The quantitative estimate of drug-likeness (QED) is 0.510. The zero-order chi connectivity index (χ0) is 20.1. The van der Waals surface area contributed by atoms with Gasteiger partial charge in [0.15, 0.2) is 0 Å². The van der Waals surface area contributed by atoms with Gasteiger partial charge in [0.05, 0.1) is 0 Å². The highest BCUT2D eigenvalue weighted by Crippen LogP contribution is 2.35. The van der Waals surface area contributed by atoms with E-state index in [4.69, 9.17) is 0 Å². The lowest BCUT2D eigenvalue weighted by Gasteiger charge is -2.33. The first-order valence-corrected chi connectivity index (χ1v) is 11.2. The van der Waals surface area contributed by atoms with Gasteiger partial charge in [-0.25, -0.2) is 0 Å². The van der Waals surface area contributed by atoms with Gasteiger partial charge in [0.1, 0.15) is 0 Å². The van der Waals surface area contributed by atoms with Crippen molar-refractivity contribution in [3.63, 3.8) is 0 Å². The molecule has 2 aromatic carbocycles. The van der Waals surface area contributed by atoms with Gasteiger partial charge in [-0.05, 0) is 87.1 Å². The molecule has 1 atom stereocenters. The molecule has 150 valence electrons. The molecule has 0 N–H and O–H groups in total. The summed E-state index contributed by atoms with van der Waals surface area (Å²) in [6.07, 6.45) is 15.5. The minimum Gasteiger partial charge on any atom is -0.318 e. The van der Waals surface area contributed by atoms with Gasteiger partial charge >= 0.3 is 0 Å². The molecule has 1 nitrogen and oxygen atoms in total. The SMILES string of the molecule is Cc1cccc(N(C2=CC=C(Cc3ccccc3)CCC2)C2=CCCC(C)C2)c1. The fourth-order valence-corrected chi connectivity index (χ4v) is 4.61. The third-order valence-corrected chi connectivity index (χ3v) is 6.15. The Hall–Kier alpha value is -2.54. The second-order valence-electron chi connectivity index (χ2n) is 8.76. The molecule has 0 radical (unpaired) electrons. The van der Waals surface area contributed by atoms with E-state index in [1.165, 1.54) is 60.3 Å². The highest BCUT2D eigenvalue weighted by Gasteiger charge is 2.22. The summed E-state index contributed by atoms with van der Waals surface area (Å²) in [5.41, 5.74) is 8.53. The second-order valence-corrected chi connectivity index (χ2v) is 8.76. The topological polar surface area (TPSA) is 3.24 Å². The van der Waals surface area contributed by atoms with Gasteiger partial charge < -0.3 is 4.90 Å². The van der Waals surface area contributed by atoms with Crippen LogP contribution in [0.5, 0.6) is 0 Å². The van der Waals surface area contributed by atoms with E-state index in [1.807, 2.05) is 0 Å². The molecule has 0 amide bonds. The van der Waals surface area contributed by atoms with E-state index in [-0.39, 0.29) is 0 Å². The molecule has 0 saturated carbocycles. The van der Waals surface area contributed by atoms with E-state index < -0.39 is 0 Å².